The third-order valence-corrected chi connectivity index (χ3v) is 3.28. The van der Waals surface area contributed by atoms with E-state index in [2.05, 4.69) is 29.4 Å². The summed E-state index contributed by atoms with van der Waals surface area (Å²) in [6, 6.07) is 12.5. The Balaban J connectivity index is 1.89. The molecule has 0 fully saturated rings. The Hall–Kier alpha value is -2.03. The van der Waals surface area contributed by atoms with Crippen LogP contribution in [0.4, 0.5) is 5.82 Å². The lowest BCUT2D eigenvalue weighted by Crippen LogP contribution is -2.21. The minimum absolute atomic E-state index is 0.281. The van der Waals surface area contributed by atoms with E-state index in [1.165, 1.54) is 11.1 Å². The molecule has 3 heteroatoms. The number of rotatable bonds is 2. The van der Waals surface area contributed by atoms with Gasteiger partial charge < -0.3 is 10.1 Å². The van der Waals surface area contributed by atoms with Gasteiger partial charge in [-0.15, -0.1) is 0 Å². The number of nitrogens with one attached hydrogen (secondary N) is 1. The first-order chi connectivity index (χ1) is 8.84. The average molecular weight is 240 g/mol. The Kier molecular flexibility index (Phi) is 2.89. The fourth-order valence-electron chi connectivity index (χ4n) is 2.29. The molecule has 2 aromatic rings. The number of pyridine rings is 1. The molecule has 0 bridgehead atoms. The van der Waals surface area contributed by atoms with E-state index in [-0.39, 0.29) is 6.04 Å². The zero-order chi connectivity index (χ0) is 12.4. The van der Waals surface area contributed by atoms with Gasteiger partial charge in [0.25, 0.3) is 0 Å². The standard InChI is InChI=1S/C15H16N2O/c1-11-5-4-9-16-15(11)17-13-8-10-18-14-7-3-2-6-12(13)14/h2-7,9,13H,8,10H2,1H3,(H,16,17). The Morgan fingerprint density at radius 1 is 1.22 bits per heavy atom. The highest BCUT2D eigenvalue weighted by molar-refractivity contribution is 5.48. The van der Waals surface area contributed by atoms with Gasteiger partial charge in [-0.25, -0.2) is 4.98 Å². The van der Waals surface area contributed by atoms with Crippen molar-refractivity contribution in [2.75, 3.05) is 11.9 Å². The molecule has 18 heavy (non-hydrogen) atoms. The van der Waals surface area contributed by atoms with E-state index in [0.29, 0.717) is 0 Å². The molecule has 0 radical (unpaired) electrons. The summed E-state index contributed by atoms with van der Waals surface area (Å²) in [5, 5.41) is 3.51. The Labute approximate surface area is 107 Å². The van der Waals surface area contributed by atoms with Crippen molar-refractivity contribution >= 4 is 5.82 Å². The topological polar surface area (TPSA) is 34.2 Å². The first kappa shape index (κ1) is 11.1. The van der Waals surface area contributed by atoms with Crippen molar-refractivity contribution in [3.63, 3.8) is 0 Å². The van der Waals surface area contributed by atoms with Crippen LogP contribution in [0.2, 0.25) is 0 Å². The summed E-state index contributed by atoms with van der Waals surface area (Å²) in [6.07, 6.45) is 2.79. The Morgan fingerprint density at radius 3 is 3.00 bits per heavy atom. The lowest BCUT2D eigenvalue weighted by molar-refractivity contribution is 0.274. The number of anilines is 1. The molecule has 1 aromatic carbocycles. The van der Waals surface area contributed by atoms with Gasteiger partial charge in [-0.1, -0.05) is 24.3 Å². The number of hydrogen-bond acceptors (Lipinski definition) is 3. The molecular weight excluding hydrogens is 224 g/mol. The van der Waals surface area contributed by atoms with Crippen LogP contribution in [0.3, 0.4) is 0 Å². The zero-order valence-electron chi connectivity index (χ0n) is 10.4. The second-order valence-corrected chi connectivity index (χ2v) is 4.54. The second-order valence-electron chi connectivity index (χ2n) is 4.54. The molecule has 3 nitrogen and oxygen atoms in total. The van der Waals surface area contributed by atoms with Gasteiger partial charge in [0.1, 0.15) is 11.6 Å². The summed E-state index contributed by atoms with van der Waals surface area (Å²) >= 11 is 0. The average Bonchev–Trinajstić information content (AvgIpc) is 2.42. The fraction of sp³-hybridized carbons (Fsp3) is 0.267. The van der Waals surface area contributed by atoms with Crippen LogP contribution >= 0.6 is 0 Å². The van der Waals surface area contributed by atoms with Gasteiger partial charge in [0.05, 0.1) is 12.6 Å². The number of ether oxygens (including phenoxy) is 1. The number of para-hydroxylation sites is 1. The van der Waals surface area contributed by atoms with Crippen molar-refractivity contribution in [1.29, 1.82) is 0 Å². The van der Waals surface area contributed by atoms with E-state index >= 15 is 0 Å². The van der Waals surface area contributed by atoms with E-state index in [1.807, 2.05) is 30.5 Å². The lowest BCUT2D eigenvalue weighted by atomic mass is 10.0. The highest BCUT2D eigenvalue weighted by atomic mass is 16.5. The van der Waals surface area contributed by atoms with Crippen LogP contribution in [0.1, 0.15) is 23.6 Å². The monoisotopic (exact) mass is 240 g/mol. The maximum absolute atomic E-state index is 5.66. The van der Waals surface area contributed by atoms with Gasteiger partial charge in [0, 0.05) is 18.2 Å². The molecule has 1 unspecified atom stereocenters. The number of benzene rings is 1. The van der Waals surface area contributed by atoms with Crippen molar-refractivity contribution in [1.82, 2.24) is 4.98 Å². The summed E-state index contributed by atoms with van der Waals surface area (Å²) in [7, 11) is 0. The van der Waals surface area contributed by atoms with E-state index < -0.39 is 0 Å². The number of hydrogen-bond donors (Lipinski definition) is 1. The van der Waals surface area contributed by atoms with Crippen molar-refractivity contribution in [2.24, 2.45) is 0 Å². The SMILES string of the molecule is Cc1cccnc1NC1CCOc2ccccc21. The summed E-state index contributed by atoms with van der Waals surface area (Å²) in [6.45, 7) is 2.82. The molecule has 0 amide bonds. The number of aromatic nitrogens is 1. The van der Waals surface area contributed by atoms with Crippen molar-refractivity contribution in [3.05, 3.63) is 53.7 Å². The normalized spacial score (nSPS) is 17.7. The predicted octanol–water partition coefficient (Wildman–Crippen LogP) is 3.33. The summed E-state index contributed by atoms with van der Waals surface area (Å²) < 4.78 is 5.66. The Bertz CT molecular complexity index is 554. The van der Waals surface area contributed by atoms with Crippen LogP contribution in [-0.2, 0) is 0 Å². The maximum atomic E-state index is 5.66. The lowest BCUT2D eigenvalue weighted by Gasteiger charge is -2.27. The van der Waals surface area contributed by atoms with Crippen molar-refractivity contribution < 1.29 is 4.74 Å². The molecule has 1 N–H and O–H groups in total. The zero-order valence-corrected chi connectivity index (χ0v) is 10.4. The van der Waals surface area contributed by atoms with Crippen LogP contribution in [0, 0.1) is 6.92 Å². The van der Waals surface area contributed by atoms with Gasteiger partial charge >= 0.3 is 0 Å². The highest BCUT2D eigenvalue weighted by Crippen LogP contribution is 2.33. The van der Waals surface area contributed by atoms with Crippen molar-refractivity contribution in [2.45, 2.75) is 19.4 Å². The smallest absolute Gasteiger partial charge is 0.129 e. The first-order valence-corrected chi connectivity index (χ1v) is 6.24. The fourth-order valence-corrected chi connectivity index (χ4v) is 2.29. The third kappa shape index (κ3) is 2.04. The van der Waals surface area contributed by atoms with Gasteiger partial charge in [-0.05, 0) is 24.6 Å². The molecule has 3 rings (SSSR count). The van der Waals surface area contributed by atoms with Crippen LogP contribution < -0.4 is 10.1 Å². The molecule has 0 spiro atoms. The summed E-state index contributed by atoms with van der Waals surface area (Å²) in [5.41, 5.74) is 2.38. The molecule has 0 saturated carbocycles. The van der Waals surface area contributed by atoms with Crippen LogP contribution in [0.25, 0.3) is 0 Å². The minimum Gasteiger partial charge on any atom is -0.493 e. The molecule has 0 saturated heterocycles. The predicted molar refractivity (Wildman–Crippen MR) is 71.9 cm³/mol. The summed E-state index contributed by atoms with van der Waals surface area (Å²) in [5.74, 6) is 1.94. The van der Waals surface area contributed by atoms with Crippen LogP contribution in [0.5, 0.6) is 5.75 Å². The third-order valence-electron chi connectivity index (χ3n) is 3.28. The van der Waals surface area contributed by atoms with Crippen LogP contribution in [0.15, 0.2) is 42.6 Å². The maximum Gasteiger partial charge on any atom is 0.129 e. The highest BCUT2D eigenvalue weighted by Gasteiger charge is 2.21. The van der Waals surface area contributed by atoms with E-state index in [4.69, 9.17) is 4.74 Å². The largest absolute Gasteiger partial charge is 0.493 e. The van der Waals surface area contributed by atoms with Gasteiger partial charge in [0.2, 0.25) is 0 Å². The first-order valence-electron chi connectivity index (χ1n) is 6.24. The van der Waals surface area contributed by atoms with E-state index in [1.54, 1.807) is 0 Å². The molecule has 1 aliphatic heterocycles. The van der Waals surface area contributed by atoms with Gasteiger partial charge in [-0.3, -0.25) is 0 Å². The molecule has 1 atom stereocenters. The van der Waals surface area contributed by atoms with Crippen molar-refractivity contribution in [3.8, 4) is 5.75 Å². The Morgan fingerprint density at radius 2 is 2.11 bits per heavy atom. The molecular formula is C15H16N2O. The van der Waals surface area contributed by atoms with Crippen LogP contribution in [-0.4, -0.2) is 11.6 Å². The number of nitrogens with zero attached hydrogens (tertiary/aromatic N) is 1. The minimum atomic E-state index is 0.281. The second kappa shape index (κ2) is 4.69. The molecule has 1 aromatic heterocycles. The molecule has 1 aliphatic rings. The quantitative estimate of drug-likeness (QED) is 0.874. The van der Waals surface area contributed by atoms with E-state index in [0.717, 1.165) is 24.6 Å². The molecule has 2 heterocycles. The summed E-state index contributed by atoms with van der Waals surface area (Å²) in [4.78, 5) is 4.39. The van der Waals surface area contributed by atoms with Gasteiger partial charge in [0.15, 0.2) is 0 Å². The number of aryl methyl sites for hydroxylation is 1. The van der Waals surface area contributed by atoms with Gasteiger partial charge in [-0.2, -0.15) is 0 Å². The molecule has 0 aliphatic carbocycles. The number of fused-ring (bicyclic) bond motifs is 1. The molecule has 92 valence electrons. The van der Waals surface area contributed by atoms with E-state index in [9.17, 15) is 0 Å².